The van der Waals surface area contributed by atoms with Crippen molar-refractivity contribution >= 4 is 23.2 Å². The molecule has 0 radical (unpaired) electrons. The van der Waals surface area contributed by atoms with Crippen LogP contribution >= 0.6 is 0 Å². The molecule has 4 aromatic carbocycles. The van der Waals surface area contributed by atoms with Crippen molar-refractivity contribution in [3.05, 3.63) is 143 Å². The largest absolute Gasteiger partial charge is 0.497 e. The lowest BCUT2D eigenvalue weighted by Gasteiger charge is -2.24. The van der Waals surface area contributed by atoms with Crippen molar-refractivity contribution in [3.8, 4) is 28.7 Å². The molecule has 0 saturated carbocycles. The van der Waals surface area contributed by atoms with Crippen molar-refractivity contribution in [3.63, 3.8) is 0 Å². The lowest BCUT2D eigenvalue weighted by atomic mass is 9.98. The van der Waals surface area contributed by atoms with E-state index in [9.17, 15) is 9.59 Å². The number of amides is 2. The van der Waals surface area contributed by atoms with Crippen molar-refractivity contribution in [1.29, 1.82) is 0 Å². The first-order chi connectivity index (χ1) is 24.4. The first kappa shape index (κ1) is 33.6. The highest BCUT2D eigenvalue weighted by molar-refractivity contribution is 5.99. The Bertz CT molecular complexity index is 1970. The van der Waals surface area contributed by atoms with Crippen LogP contribution < -0.4 is 23.8 Å². The molecule has 0 unspecified atom stereocenters. The summed E-state index contributed by atoms with van der Waals surface area (Å²) in [5, 5.41) is 0. The molecule has 1 fully saturated rings. The third-order valence-electron chi connectivity index (χ3n) is 8.62. The Labute approximate surface area is 291 Å². The van der Waals surface area contributed by atoms with E-state index in [1.54, 1.807) is 73.7 Å². The molecular formula is C40H36N4O6. The van der Waals surface area contributed by atoms with Crippen LogP contribution in [0.25, 0.3) is 4.85 Å². The Balaban J connectivity index is 1.23. The van der Waals surface area contributed by atoms with Gasteiger partial charge < -0.3 is 28.7 Å². The van der Waals surface area contributed by atoms with Crippen LogP contribution in [0.2, 0.25) is 0 Å². The fraction of sp³-hybridized carbons (Fsp3) is 0.200. The zero-order valence-electron chi connectivity index (χ0n) is 28.0. The van der Waals surface area contributed by atoms with Crippen LogP contribution in [0, 0.1) is 6.57 Å². The van der Waals surface area contributed by atoms with Crippen molar-refractivity contribution in [1.82, 2.24) is 9.88 Å². The Morgan fingerprint density at radius 2 is 1.48 bits per heavy atom. The predicted molar refractivity (Wildman–Crippen MR) is 189 cm³/mol. The minimum atomic E-state index is -0.217. The molecule has 10 heteroatoms. The van der Waals surface area contributed by atoms with Crippen LogP contribution in [0.15, 0.2) is 109 Å². The number of pyridine rings is 1. The molecular weight excluding hydrogens is 632 g/mol. The number of hydrogen-bond donors (Lipinski definition) is 0. The van der Waals surface area contributed by atoms with Gasteiger partial charge in [0.1, 0.15) is 17.2 Å². The molecule has 10 nitrogen and oxygen atoms in total. The molecule has 0 aliphatic carbocycles. The van der Waals surface area contributed by atoms with Crippen molar-refractivity contribution < 1.29 is 28.5 Å². The summed E-state index contributed by atoms with van der Waals surface area (Å²) in [5.41, 5.74) is 4.08. The van der Waals surface area contributed by atoms with Gasteiger partial charge in [-0.3, -0.25) is 14.6 Å². The van der Waals surface area contributed by atoms with E-state index in [1.807, 2.05) is 60.7 Å². The fourth-order valence-corrected chi connectivity index (χ4v) is 5.94. The van der Waals surface area contributed by atoms with Crippen LogP contribution in [-0.4, -0.2) is 49.6 Å². The molecule has 1 atom stereocenters. The van der Waals surface area contributed by atoms with E-state index in [4.69, 9.17) is 25.5 Å². The summed E-state index contributed by atoms with van der Waals surface area (Å²) >= 11 is 0. The predicted octanol–water partition coefficient (Wildman–Crippen LogP) is 7.81. The third-order valence-corrected chi connectivity index (χ3v) is 8.62. The smallest absolute Gasteiger partial charge is 0.256 e. The van der Waals surface area contributed by atoms with E-state index in [0.717, 1.165) is 28.2 Å². The van der Waals surface area contributed by atoms with Gasteiger partial charge in [-0.25, -0.2) is 4.85 Å². The normalized spacial score (nSPS) is 13.8. The molecule has 2 heterocycles. The molecule has 1 aromatic heterocycles. The lowest BCUT2D eigenvalue weighted by molar-refractivity contribution is -0.117. The van der Waals surface area contributed by atoms with Crippen molar-refractivity contribution in [2.75, 3.05) is 32.8 Å². The molecule has 0 spiro atoms. The number of rotatable bonds is 12. The Hall–Kier alpha value is -6.34. The maximum atomic E-state index is 14.1. The monoisotopic (exact) mass is 668 g/mol. The van der Waals surface area contributed by atoms with E-state index in [2.05, 4.69) is 9.83 Å². The average molecular weight is 669 g/mol. The number of benzene rings is 4. The van der Waals surface area contributed by atoms with E-state index in [-0.39, 0.29) is 24.2 Å². The summed E-state index contributed by atoms with van der Waals surface area (Å²) in [4.78, 5) is 38.9. The van der Waals surface area contributed by atoms with Crippen LogP contribution in [0.3, 0.4) is 0 Å². The van der Waals surface area contributed by atoms with Crippen LogP contribution in [0.4, 0.5) is 11.4 Å². The molecule has 252 valence electrons. The number of anilines is 1. The Morgan fingerprint density at radius 1 is 0.820 bits per heavy atom. The van der Waals surface area contributed by atoms with Gasteiger partial charge in [0, 0.05) is 38.2 Å². The lowest BCUT2D eigenvalue weighted by Crippen LogP contribution is -2.31. The zero-order chi connectivity index (χ0) is 35.0. The summed E-state index contributed by atoms with van der Waals surface area (Å²) in [6, 6.07) is 29.5. The second-order valence-corrected chi connectivity index (χ2v) is 11.8. The molecule has 2 amide bonds. The van der Waals surface area contributed by atoms with E-state index in [1.165, 1.54) is 6.20 Å². The van der Waals surface area contributed by atoms with Gasteiger partial charge in [0.2, 0.25) is 11.6 Å². The van der Waals surface area contributed by atoms with E-state index in [0.29, 0.717) is 53.8 Å². The molecule has 5 aromatic rings. The summed E-state index contributed by atoms with van der Waals surface area (Å²) in [5.74, 6) is 2.41. The van der Waals surface area contributed by atoms with Gasteiger partial charge in [-0.15, -0.1) is 0 Å². The van der Waals surface area contributed by atoms with Gasteiger partial charge >= 0.3 is 0 Å². The summed E-state index contributed by atoms with van der Waals surface area (Å²) < 4.78 is 22.3. The minimum Gasteiger partial charge on any atom is -0.497 e. The minimum absolute atomic E-state index is 0.0774. The van der Waals surface area contributed by atoms with Crippen molar-refractivity contribution in [2.45, 2.75) is 25.4 Å². The van der Waals surface area contributed by atoms with Gasteiger partial charge in [0.25, 0.3) is 5.91 Å². The number of nitrogens with zero attached hydrogens (tertiary/aromatic N) is 4. The van der Waals surface area contributed by atoms with Crippen LogP contribution in [0.1, 0.15) is 39.4 Å². The first-order valence-electron chi connectivity index (χ1n) is 16.0. The third kappa shape index (κ3) is 7.53. The number of aromatic nitrogens is 1. The second kappa shape index (κ2) is 15.3. The number of ether oxygens (including phenoxy) is 4. The van der Waals surface area contributed by atoms with Gasteiger partial charge in [-0.1, -0.05) is 48.5 Å². The Morgan fingerprint density at radius 3 is 2.10 bits per heavy atom. The molecule has 0 N–H and O–H groups in total. The molecule has 50 heavy (non-hydrogen) atoms. The number of hydrogen-bond acceptors (Lipinski definition) is 7. The SMILES string of the molecule is [C-]#[N+]c1ccccc1Oc1cc([C@H]2CC(=O)N(c3cncc(C(=O)N(Cc4ccc(OC)cc4)Cc4ccc(OC)cc4)c3)C2)ccc1OC. The topological polar surface area (TPSA) is 94.8 Å². The van der Waals surface area contributed by atoms with Crippen LogP contribution in [0.5, 0.6) is 28.7 Å². The number of para-hydroxylation sites is 2. The number of carbonyl (C=O) groups excluding carboxylic acids is 2. The van der Waals surface area contributed by atoms with E-state index < -0.39 is 0 Å². The zero-order valence-corrected chi connectivity index (χ0v) is 28.0. The maximum absolute atomic E-state index is 14.1. The van der Waals surface area contributed by atoms with Gasteiger partial charge in [-0.05, 0) is 65.2 Å². The summed E-state index contributed by atoms with van der Waals surface area (Å²) in [6.45, 7) is 8.58. The summed E-state index contributed by atoms with van der Waals surface area (Å²) in [6.07, 6.45) is 3.41. The van der Waals surface area contributed by atoms with Gasteiger partial charge in [0.05, 0.1) is 45.3 Å². The molecule has 1 saturated heterocycles. The molecule has 1 aliphatic heterocycles. The molecule has 6 rings (SSSR count). The number of carbonyl (C=O) groups is 2. The standard InChI is InChI=1S/C40H36N4O6/c1-41-35-7-5-6-8-36(35)50-38-20-29(13-18-37(38)49-4)31-21-39(45)44(26-31)32-19-30(22-42-23-32)40(46)43(24-27-9-14-33(47-2)15-10-27)25-28-11-16-34(48-3)17-12-28/h5-20,22-23,31H,21,24-26H2,2-4H3/t31-/m0/s1. The first-order valence-corrected chi connectivity index (χ1v) is 16.0. The quantitative estimate of drug-likeness (QED) is 0.125. The highest BCUT2D eigenvalue weighted by Crippen LogP contribution is 2.40. The van der Waals surface area contributed by atoms with Crippen molar-refractivity contribution in [2.24, 2.45) is 0 Å². The highest BCUT2D eigenvalue weighted by atomic mass is 16.5. The Kier molecular flexibility index (Phi) is 10.2. The molecule has 1 aliphatic rings. The maximum Gasteiger partial charge on any atom is 0.256 e. The van der Waals surface area contributed by atoms with Gasteiger partial charge in [-0.2, -0.15) is 0 Å². The number of methoxy groups -OCH3 is 3. The van der Waals surface area contributed by atoms with Crippen LogP contribution in [-0.2, 0) is 17.9 Å². The second-order valence-electron chi connectivity index (χ2n) is 11.8. The molecule has 0 bridgehead atoms. The average Bonchev–Trinajstić information content (AvgIpc) is 3.56. The summed E-state index contributed by atoms with van der Waals surface area (Å²) in [7, 11) is 4.78. The fourth-order valence-electron chi connectivity index (χ4n) is 5.94. The highest BCUT2D eigenvalue weighted by Gasteiger charge is 2.33. The van der Waals surface area contributed by atoms with Gasteiger partial charge in [0.15, 0.2) is 11.5 Å². The van der Waals surface area contributed by atoms with E-state index >= 15 is 0 Å².